The lowest BCUT2D eigenvalue weighted by atomic mass is 9.76. The minimum Gasteiger partial charge on any atom is -0.455 e. The molecule has 0 aliphatic heterocycles. The number of nitrogens with zero attached hydrogens (tertiary/aromatic N) is 1. The molecule has 1 aliphatic carbocycles. The number of carbonyl (C=O) groups excluding carboxylic acids is 1. The number of carbonyl (C=O) groups is 1. The second-order valence-electron chi connectivity index (χ2n) is 7.95. The molecule has 138 valence electrons. The van der Waals surface area contributed by atoms with Gasteiger partial charge in [0.1, 0.15) is 11.6 Å². The molecule has 1 aromatic heterocycles. The summed E-state index contributed by atoms with van der Waals surface area (Å²) >= 11 is 0. The van der Waals surface area contributed by atoms with Crippen molar-refractivity contribution in [2.24, 2.45) is 5.41 Å². The number of hydrogen-bond donors (Lipinski definition) is 0. The molecule has 0 bridgehead atoms. The van der Waals surface area contributed by atoms with Gasteiger partial charge >= 0.3 is 0 Å². The van der Waals surface area contributed by atoms with Crippen LogP contribution in [-0.4, -0.2) is 10.4 Å². The van der Waals surface area contributed by atoms with Gasteiger partial charge in [-0.25, -0.2) is 4.39 Å². The van der Waals surface area contributed by atoms with Crippen LogP contribution in [0.1, 0.15) is 42.0 Å². The second kappa shape index (κ2) is 6.38. The number of benzene rings is 2. The van der Waals surface area contributed by atoms with Crippen molar-refractivity contribution in [3.63, 3.8) is 0 Å². The highest BCUT2D eigenvalue weighted by Crippen LogP contribution is 2.39. The zero-order valence-electron chi connectivity index (χ0n) is 15.8. The highest BCUT2D eigenvalue weighted by molar-refractivity contribution is 5.99. The standard InChI is InChI=1S/C23H22FNO2/c1-15-12-18-20(13-23(2,3)14-21(18)26)25(15)19-6-4-5-7-22(19)27-17-10-8-16(24)9-11-17/h4-12H,13-14H2,1-3H3. The van der Waals surface area contributed by atoms with Gasteiger partial charge in [0.05, 0.1) is 5.69 Å². The molecule has 0 fully saturated rings. The first kappa shape index (κ1) is 17.5. The first-order chi connectivity index (χ1) is 12.8. The van der Waals surface area contributed by atoms with Gasteiger partial charge < -0.3 is 9.30 Å². The third-order valence-electron chi connectivity index (χ3n) is 5.02. The molecular weight excluding hydrogens is 341 g/mol. The van der Waals surface area contributed by atoms with Crippen molar-refractivity contribution in [1.29, 1.82) is 0 Å². The maximum atomic E-state index is 13.2. The lowest BCUT2D eigenvalue weighted by Gasteiger charge is -2.30. The SMILES string of the molecule is Cc1cc2c(n1-c1ccccc1Oc1ccc(F)cc1)CC(C)(C)CC2=O. The van der Waals surface area contributed by atoms with Crippen molar-refractivity contribution in [3.05, 3.63) is 77.4 Å². The van der Waals surface area contributed by atoms with E-state index in [1.54, 1.807) is 12.1 Å². The van der Waals surface area contributed by atoms with Crippen LogP contribution in [0.25, 0.3) is 5.69 Å². The summed E-state index contributed by atoms with van der Waals surface area (Å²) in [5.74, 6) is 1.13. The summed E-state index contributed by atoms with van der Waals surface area (Å²) < 4.78 is 21.3. The first-order valence-electron chi connectivity index (χ1n) is 9.11. The Morgan fingerprint density at radius 3 is 2.48 bits per heavy atom. The first-order valence-corrected chi connectivity index (χ1v) is 9.11. The molecule has 0 amide bonds. The van der Waals surface area contributed by atoms with Crippen molar-refractivity contribution in [2.45, 2.75) is 33.6 Å². The molecule has 0 saturated carbocycles. The third-order valence-corrected chi connectivity index (χ3v) is 5.02. The van der Waals surface area contributed by atoms with Crippen LogP contribution in [0.2, 0.25) is 0 Å². The van der Waals surface area contributed by atoms with E-state index in [-0.39, 0.29) is 17.0 Å². The topological polar surface area (TPSA) is 31.2 Å². The minimum atomic E-state index is -0.299. The molecule has 3 aromatic rings. The summed E-state index contributed by atoms with van der Waals surface area (Å²) in [5.41, 5.74) is 3.65. The molecule has 0 spiro atoms. The average Bonchev–Trinajstić information content (AvgIpc) is 2.93. The smallest absolute Gasteiger partial charge is 0.165 e. The van der Waals surface area contributed by atoms with Gasteiger partial charge in [-0.2, -0.15) is 0 Å². The van der Waals surface area contributed by atoms with Gasteiger partial charge in [0, 0.05) is 23.4 Å². The summed E-state index contributed by atoms with van der Waals surface area (Å²) in [4.78, 5) is 12.6. The normalized spacial score (nSPS) is 15.5. The largest absolute Gasteiger partial charge is 0.455 e. The molecule has 0 radical (unpaired) electrons. The summed E-state index contributed by atoms with van der Waals surface area (Å²) in [5, 5.41) is 0. The van der Waals surface area contributed by atoms with E-state index >= 15 is 0 Å². The number of fused-ring (bicyclic) bond motifs is 1. The molecule has 1 heterocycles. The van der Waals surface area contributed by atoms with Crippen LogP contribution >= 0.6 is 0 Å². The number of ether oxygens (including phenoxy) is 1. The lowest BCUT2D eigenvalue weighted by molar-refractivity contribution is 0.0911. The van der Waals surface area contributed by atoms with Crippen LogP contribution in [0.5, 0.6) is 11.5 Å². The Bertz CT molecular complexity index is 1020. The Balaban J connectivity index is 1.82. The van der Waals surface area contributed by atoms with E-state index in [1.807, 2.05) is 37.3 Å². The maximum absolute atomic E-state index is 13.2. The van der Waals surface area contributed by atoms with Gasteiger partial charge in [-0.1, -0.05) is 26.0 Å². The number of ketones is 1. The van der Waals surface area contributed by atoms with E-state index < -0.39 is 0 Å². The monoisotopic (exact) mass is 363 g/mol. The van der Waals surface area contributed by atoms with E-state index in [4.69, 9.17) is 4.74 Å². The van der Waals surface area contributed by atoms with Crippen molar-refractivity contribution in [3.8, 4) is 17.2 Å². The molecule has 27 heavy (non-hydrogen) atoms. The molecule has 0 N–H and O–H groups in total. The highest BCUT2D eigenvalue weighted by atomic mass is 19.1. The molecule has 2 aromatic carbocycles. The van der Waals surface area contributed by atoms with E-state index in [0.29, 0.717) is 17.9 Å². The number of aromatic nitrogens is 1. The molecule has 3 nitrogen and oxygen atoms in total. The van der Waals surface area contributed by atoms with Crippen LogP contribution in [0.3, 0.4) is 0 Å². The molecule has 4 heteroatoms. The molecule has 4 rings (SSSR count). The molecule has 0 unspecified atom stereocenters. The number of hydrogen-bond acceptors (Lipinski definition) is 2. The average molecular weight is 363 g/mol. The third kappa shape index (κ3) is 3.27. The zero-order valence-corrected chi connectivity index (χ0v) is 15.8. The van der Waals surface area contributed by atoms with Gasteiger partial charge in [-0.15, -0.1) is 0 Å². The fourth-order valence-electron chi connectivity index (χ4n) is 3.84. The van der Waals surface area contributed by atoms with Gasteiger partial charge in [-0.05, 0) is 61.2 Å². The number of para-hydroxylation sites is 2. The number of rotatable bonds is 3. The number of halogens is 1. The fraction of sp³-hybridized carbons (Fsp3) is 0.261. The zero-order chi connectivity index (χ0) is 19.2. The Kier molecular flexibility index (Phi) is 4.14. The molecular formula is C23H22FNO2. The summed E-state index contributed by atoms with van der Waals surface area (Å²) in [7, 11) is 0. The molecule has 0 saturated heterocycles. The lowest BCUT2D eigenvalue weighted by Crippen LogP contribution is -2.27. The highest BCUT2D eigenvalue weighted by Gasteiger charge is 2.34. The summed E-state index contributed by atoms with van der Waals surface area (Å²) in [6.45, 7) is 6.26. The van der Waals surface area contributed by atoms with Gasteiger partial charge in [0.2, 0.25) is 0 Å². The fourth-order valence-corrected chi connectivity index (χ4v) is 3.84. The summed E-state index contributed by atoms with van der Waals surface area (Å²) in [6, 6.07) is 15.7. The second-order valence-corrected chi connectivity index (χ2v) is 7.95. The predicted octanol–water partition coefficient (Wildman–Crippen LogP) is 5.87. The molecule has 0 atom stereocenters. The minimum absolute atomic E-state index is 0.0701. The number of Topliss-reactive ketones (excluding diaryl/α,β-unsaturated/α-hetero) is 1. The van der Waals surface area contributed by atoms with Crippen LogP contribution in [0, 0.1) is 18.2 Å². The van der Waals surface area contributed by atoms with E-state index in [2.05, 4.69) is 18.4 Å². The number of aryl methyl sites for hydroxylation is 1. The Hall–Kier alpha value is -2.88. The Morgan fingerprint density at radius 1 is 1.04 bits per heavy atom. The van der Waals surface area contributed by atoms with Crippen molar-refractivity contribution in [1.82, 2.24) is 4.57 Å². The van der Waals surface area contributed by atoms with Gasteiger partial charge in [-0.3, -0.25) is 4.79 Å². The van der Waals surface area contributed by atoms with Crippen molar-refractivity contribution < 1.29 is 13.9 Å². The van der Waals surface area contributed by atoms with E-state index in [9.17, 15) is 9.18 Å². The van der Waals surface area contributed by atoms with E-state index in [1.165, 1.54) is 12.1 Å². The Morgan fingerprint density at radius 2 is 1.74 bits per heavy atom. The van der Waals surface area contributed by atoms with E-state index in [0.717, 1.165) is 29.1 Å². The maximum Gasteiger partial charge on any atom is 0.165 e. The van der Waals surface area contributed by atoms with Crippen LogP contribution in [0.4, 0.5) is 4.39 Å². The predicted molar refractivity (Wildman–Crippen MR) is 103 cm³/mol. The summed E-state index contributed by atoms with van der Waals surface area (Å²) in [6.07, 6.45) is 1.39. The van der Waals surface area contributed by atoms with Gasteiger partial charge in [0.25, 0.3) is 0 Å². The Labute approximate surface area is 158 Å². The van der Waals surface area contributed by atoms with Gasteiger partial charge in [0.15, 0.2) is 11.5 Å². The van der Waals surface area contributed by atoms with Crippen molar-refractivity contribution in [2.75, 3.05) is 0 Å². The van der Waals surface area contributed by atoms with Crippen LogP contribution in [-0.2, 0) is 6.42 Å². The quantitative estimate of drug-likeness (QED) is 0.582. The van der Waals surface area contributed by atoms with Crippen LogP contribution < -0.4 is 4.74 Å². The van der Waals surface area contributed by atoms with Crippen LogP contribution in [0.15, 0.2) is 54.6 Å². The molecule has 1 aliphatic rings. The van der Waals surface area contributed by atoms with Crippen molar-refractivity contribution >= 4 is 5.78 Å².